The number of hydrogen-bond donors (Lipinski definition) is 2. The van der Waals surface area contributed by atoms with E-state index in [2.05, 4.69) is 26.7 Å². The maximum atomic E-state index is 8.90. The normalized spacial score (nSPS) is 9.79. The molecule has 5 nitrogen and oxygen atoms in total. The lowest BCUT2D eigenvalue weighted by Gasteiger charge is -2.12. The second-order valence-corrected chi connectivity index (χ2v) is 4.28. The summed E-state index contributed by atoms with van der Waals surface area (Å²) in [6.07, 6.45) is 1.46. The van der Waals surface area contributed by atoms with Gasteiger partial charge in [-0.2, -0.15) is 5.26 Å². The molecule has 0 saturated heterocycles. The highest BCUT2D eigenvalue weighted by Crippen LogP contribution is 2.28. The van der Waals surface area contributed by atoms with Gasteiger partial charge in [0.25, 0.3) is 0 Å². The van der Waals surface area contributed by atoms with Gasteiger partial charge in [-0.15, -0.1) is 0 Å². The quantitative estimate of drug-likeness (QED) is 0.899. The number of halogens is 1. The van der Waals surface area contributed by atoms with Crippen LogP contribution in [0.25, 0.3) is 0 Å². The van der Waals surface area contributed by atoms with E-state index in [1.54, 1.807) is 25.2 Å². The van der Waals surface area contributed by atoms with Gasteiger partial charge in [0.2, 0.25) is 0 Å². The molecule has 2 aromatic rings. The molecule has 0 unspecified atom stereocenters. The second kappa shape index (κ2) is 5.55. The molecule has 0 amide bonds. The minimum Gasteiger partial charge on any atom is -0.373 e. The SMILES string of the molecule is CNc1ncnc(Nc2cc(C#N)ccc2Cl)c1C. The molecular formula is C13H12ClN5. The molecule has 2 rings (SSSR count). The summed E-state index contributed by atoms with van der Waals surface area (Å²) in [4.78, 5) is 8.28. The summed E-state index contributed by atoms with van der Waals surface area (Å²) in [5.74, 6) is 1.39. The minimum atomic E-state index is 0.531. The van der Waals surface area contributed by atoms with Crippen LogP contribution in [0.4, 0.5) is 17.3 Å². The lowest BCUT2D eigenvalue weighted by molar-refractivity contribution is 1.12. The van der Waals surface area contributed by atoms with Crippen LogP contribution in [0, 0.1) is 18.3 Å². The number of anilines is 3. The summed E-state index contributed by atoms with van der Waals surface area (Å²) in [5.41, 5.74) is 2.06. The summed E-state index contributed by atoms with van der Waals surface area (Å²) in [6.45, 7) is 1.90. The fourth-order valence-electron chi connectivity index (χ4n) is 1.65. The van der Waals surface area contributed by atoms with E-state index in [9.17, 15) is 0 Å². The number of nitrogens with zero attached hydrogens (tertiary/aromatic N) is 3. The smallest absolute Gasteiger partial charge is 0.138 e. The first-order valence-electron chi connectivity index (χ1n) is 5.61. The van der Waals surface area contributed by atoms with E-state index in [-0.39, 0.29) is 0 Å². The maximum Gasteiger partial charge on any atom is 0.138 e. The van der Waals surface area contributed by atoms with E-state index in [0.717, 1.165) is 11.4 Å². The Labute approximate surface area is 116 Å². The number of nitriles is 1. The Bertz CT molecular complexity index is 648. The van der Waals surface area contributed by atoms with Gasteiger partial charge >= 0.3 is 0 Å². The standard InChI is InChI=1S/C13H12ClN5/c1-8-12(16-2)17-7-18-13(8)19-11-5-9(6-15)3-4-10(11)14/h3-5,7H,1-2H3,(H2,16,17,18,19). The van der Waals surface area contributed by atoms with Crippen LogP contribution in [-0.4, -0.2) is 17.0 Å². The van der Waals surface area contributed by atoms with Crippen molar-refractivity contribution < 1.29 is 0 Å². The zero-order valence-electron chi connectivity index (χ0n) is 10.5. The van der Waals surface area contributed by atoms with Crippen LogP contribution >= 0.6 is 11.6 Å². The summed E-state index contributed by atoms with van der Waals surface area (Å²) >= 11 is 6.10. The van der Waals surface area contributed by atoms with E-state index >= 15 is 0 Å². The predicted molar refractivity (Wildman–Crippen MR) is 75.8 cm³/mol. The van der Waals surface area contributed by atoms with Gasteiger partial charge in [-0.3, -0.25) is 0 Å². The fraction of sp³-hybridized carbons (Fsp3) is 0.154. The Morgan fingerprint density at radius 3 is 2.68 bits per heavy atom. The molecule has 0 saturated carbocycles. The summed E-state index contributed by atoms with van der Waals surface area (Å²) in [6, 6.07) is 7.10. The number of aromatic nitrogens is 2. The summed E-state index contributed by atoms with van der Waals surface area (Å²) in [5, 5.41) is 15.5. The summed E-state index contributed by atoms with van der Waals surface area (Å²) in [7, 11) is 1.79. The van der Waals surface area contributed by atoms with Gasteiger partial charge in [-0.05, 0) is 25.1 Å². The molecule has 1 aromatic heterocycles. The van der Waals surface area contributed by atoms with Gasteiger partial charge in [0.15, 0.2) is 0 Å². The Morgan fingerprint density at radius 1 is 1.26 bits per heavy atom. The summed E-state index contributed by atoms with van der Waals surface area (Å²) < 4.78 is 0. The van der Waals surface area contributed by atoms with Crippen molar-refractivity contribution in [2.75, 3.05) is 17.7 Å². The van der Waals surface area contributed by atoms with Crippen molar-refractivity contribution in [3.8, 4) is 6.07 Å². The average molecular weight is 274 g/mol. The molecule has 0 radical (unpaired) electrons. The monoisotopic (exact) mass is 273 g/mol. The minimum absolute atomic E-state index is 0.531. The van der Waals surface area contributed by atoms with Crippen LogP contribution in [0.15, 0.2) is 24.5 Å². The van der Waals surface area contributed by atoms with Crippen LogP contribution in [0.2, 0.25) is 5.02 Å². The van der Waals surface area contributed by atoms with Gasteiger partial charge in [0.05, 0.1) is 22.3 Å². The molecule has 0 fully saturated rings. The largest absolute Gasteiger partial charge is 0.373 e. The number of hydrogen-bond acceptors (Lipinski definition) is 5. The van der Waals surface area contributed by atoms with Crippen LogP contribution < -0.4 is 10.6 Å². The number of rotatable bonds is 3. The van der Waals surface area contributed by atoms with Crippen molar-refractivity contribution in [1.82, 2.24) is 9.97 Å². The van der Waals surface area contributed by atoms with E-state index in [1.807, 2.05) is 6.92 Å². The van der Waals surface area contributed by atoms with Crippen molar-refractivity contribution in [1.29, 1.82) is 5.26 Å². The molecule has 0 atom stereocenters. The van der Waals surface area contributed by atoms with E-state index < -0.39 is 0 Å². The molecule has 2 N–H and O–H groups in total. The second-order valence-electron chi connectivity index (χ2n) is 3.88. The zero-order chi connectivity index (χ0) is 13.8. The van der Waals surface area contributed by atoms with Crippen molar-refractivity contribution in [3.05, 3.63) is 40.7 Å². The molecular weight excluding hydrogens is 262 g/mol. The molecule has 6 heteroatoms. The highest BCUT2D eigenvalue weighted by atomic mass is 35.5. The van der Waals surface area contributed by atoms with Crippen molar-refractivity contribution in [2.45, 2.75) is 6.92 Å². The zero-order valence-corrected chi connectivity index (χ0v) is 11.3. The lowest BCUT2D eigenvalue weighted by atomic mass is 10.2. The molecule has 19 heavy (non-hydrogen) atoms. The first-order valence-corrected chi connectivity index (χ1v) is 5.99. The number of nitrogens with one attached hydrogen (secondary N) is 2. The highest BCUT2D eigenvalue weighted by Gasteiger charge is 2.08. The third-order valence-corrected chi connectivity index (χ3v) is 3.00. The average Bonchev–Trinajstić information content (AvgIpc) is 2.43. The molecule has 0 aliphatic carbocycles. The molecule has 96 valence electrons. The number of benzene rings is 1. The third-order valence-electron chi connectivity index (χ3n) is 2.67. The Hall–Kier alpha value is -2.32. The predicted octanol–water partition coefficient (Wildman–Crippen LogP) is 3.10. The first-order chi connectivity index (χ1) is 9.15. The molecule has 0 spiro atoms. The molecule has 0 bridgehead atoms. The van der Waals surface area contributed by atoms with E-state index in [0.29, 0.717) is 22.1 Å². The van der Waals surface area contributed by atoms with Crippen LogP contribution in [0.1, 0.15) is 11.1 Å². The first kappa shape index (κ1) is 13.1. The van der Waals surface area contributed by atoms with E-state index in [1.165, 1.54) is 6.33 Å². The van der Waals surface area contributed by atoms with Crippen LogP contribution in [0.5, 0.6) is 0 Å². The lowest BCUT2D eigenvalue weighted by Crippen LogP contribution is -2.03. The molecule has 0 aliphatic rings. The Kier molecular flexibility index (Phi) is 3.83. The molecule has 1 aromatic carbocycles. The van der Waals surface area contributed by atoms with Crippen molar-refractivity contribution >= 4 is 28.9 Å². The van der Waals surface area contributed by atoms with E-state index in [4.69, 9.17) is 16.9 Å². The molecule has 1 heterocycles. The fourth-order valence-corrected chi connectivity index (χ4v) is 1.81. The van der Waals surface area contributed by atoms with Gasteiger partial charge in [-0.25, -0.2) is 9.97 Å². The van der Waals surface area contributed by atoms with Crippen LogP contribution in [0.3, 0.4) is 0 Å². The van der Waals surface area contributed by atoms with Crippen molar-refractivity contribution in [2.24, 2.45) is 0 Å². The Morgan fingerprint density at radius 2 is 2.00 bits per heavy atom. The van der Waals surface area contributed by atoms with Crippen molar-refractivity contribution in [3.63, 3.8) is 0 Å². The van der Waals surface area contributed by atoms with Gasteiger partial charge < -0.3 is 10.6 Å². The van der Waals surface area contributed by atoms with Gasteiger partial charge in [0, 0.05) is 12.6 Å². The Balaban J connectivity index is 2.39. The van der Waals surface area contributed by atoms with Gasteiger partial charge in [0.1, 0.15) is 18.0 Å². The van der Waals surface area contributed by atoms with Gasteiger partial charge in [-0.1, -0.05) is 11.6 Å². The van der Waals surface area contributed by atoms with Crippen LogP contribution in [-0.2, 0) is 0 Å². The topological polar surface area (TPSA) is 73.6 Å². The maximum absolute atomic E-state index is 8.90. The molecule has 0 aliphatic heterocycles. The highest BCUT2D eigenvalue weighted by molar-refractivity contribution is 6.33. The third kappa shape index (κ3) is 2.75.